The van der Waals surface area contributed by atoms with Gasteiger partial charge in [0.25, 0.3) is 0 Å². The highest BCUT2D eigenvalue weighted by atomic mass is 32.1. The van der Waals surface area contributed by atoms with E-state index in [1.807, 2.05) is 12.1 Å². The van der Waals surface area contributed by atoms with Crippen molar-refractivity contribution in [3.8, 4) is 5.75 Å². The predicted molar refractivity (Wildman–Crippen MR) is 117 cm³/mol. The number of hydrogen-bond donors (Lipinski definition) is 1. The molecule has 0 radical (unpaired) electrons. The van der Waals surface area contributed by atoms with E-state index in [0.717, 1.165) is 12.1 Å². The maximum atomic E-state index is 12.7. The third-order valence-corrected chi connectivity index (χ3v) is 6.09. The Bertz CT molecular complexity index is 969. The van der Waals surface area contributed by atoms with Crippen LogP contribution >= 0.6 is 11.3 Å². The Kier molecular flexibility index (Phi) is 7.75. The molecular formula is C24H26F3NO2S. The van der Waals surface area contributed by atoms with Crippen LogP contribution in [-0.2, 0) is 19.3 Å². The van der Waals surface area contributed by atoms with Crippen molar-refractivity contribution < 1.29 is 23.0 Å². The van der Waals surface area contributed by atoms with Crippen LogP contribution in [0.1, 0.15) is 27.1 Å². The lowest BCUT2D eigenvalue weighted by Gasteiger charge is -2.26. The van der Waals surface area contributed by atoms with Crippen molar-refractivity contribution in [2.24, 2.45) is 0 Å². The fraction of sp³-hybridized carbons (Fsp3) is 0.333. The molecule has 1 aromatic heterocycles. The van der Waals surface area contributed by atoms with E-state index in [1.165, 1.54) is 33.7 Å². The zero-order valence-corrected chi connectivity index (χ0v) is 18.3. The van der Waals surface area contributed by atoms with Gasteiger partial charge >= 0.3 is 6.18 Å². The summed E-state index contributed by atoms with van der Waals surface area (Å²) in [4.78, 5) is 3.41. The average molecular weight is 450 g/mol. The van der Waals surface area contributed by atoms with Crippen LogP contribution in [0.15, 0.2) is 60.0 Å². The summed E-state index contributed by atoms with van der Waals surface area (Å²) in [6, 6.07) is 14.7. The second kappa shape index (κ2) is 10.3. The molecule has 7 heteroatoms. The van der Waals surface area contributed by atoms with Crippen LogP contribution in [0.4, 0.5) is 13.2 Å². The minimum Gasteiger partial charge on any atom is -0.491 e. The van der Waals surface area contributed by atoms with E-state index in [-0.39, 0.29) is 6.61 Å². The number of aryl methyl sites for hydroxylation is 2. The molecule has 0 saturated heterocycles. The lowest BCUT2D eigenvalue weighted by Crippen LogP contribution is -2.35. The second-order valence-corrected chi connectivity index (χ2v) is 8.61. The van der Waals surface area contributed by atoms with Crippen molar-refractivity contribution >= 4 is 11.3 Å². The molecule has 0 aliphatic heterocycles. The van der Waals surface area contributed by atoms with Gasteiger partial charge in [-0.3, -0.25) is 4.90 Å². The van der Waals surface area contributed by atoms with Gasteiger partial charge in [-0.25, -0.2) is 0 Å². The summed E-state index contributed by atoms with van der Waals surface area (Å²) in [5.41, 5.74) is 2.87. The summed E-state index contributed by atoms with van der Waals surface area (Å²) in [7, 11) is 0. The second-order valence-electron chi connectivity index (χ2n) is 7.61. The molecule has 0 saturated carbocycles. The molecule has 2 aromatic carbocycles. The van der Waals surface area contributed by atoms with Crippen LogP contribution < -0.4 is 4.74 Å². The molecule has 3 rings (SSSR count). The Morgan fingerprint density at radius 1 is 0.968 bits per heavy atom. The van der Waals surface area contributed by atoms with E-state index in [9.17, 15) is 18.3 Å². The molecule has 166 valence electrons. The van der Waals surface area contributed by atoms with E-state index in [0.29, 0.717) is 25.4 Å². The summed E-state index contributed by atoms with van der Waals surface area (Å²) in [6.07, 6.45) is -5.17. The summed E-state index contributed by atoms with van der Waals surface area (Å²) in [5, 5.41) is 12.6. The Morgan fingerprint density at radius 2 is 1.68 bits per heavy atom. The number of aliphatic hydroxyl groups is 1. The van der Waals surface area contributed by atoms with E-state index < -0.39 is 17.8 Å². The van der Waals surface area contributed by atoms with Gasteiger partial charge in [-0.15, -0.1) is 11.3 Å². The molecule has 1 atom stereocenters. The molecule has 0 aliphatic carbocycles. The number of ether oxygens (including phenoxy) is 1. The number of rotatable bonds is 9. The first-order valence-corrected chi connectivity index (χ1v) is 10.9. The highest BCUT2D eigenvalue weighted by Crippen LogP contribution is 2.30. The number of thiophene rings is 1. The predicted octanol–water partition coefficient (Wildman–Crippen LogP) is 5.83. The van der Waals surface area contributed by atoms with Gasteiger partial charge in [0.2, 0.25) is 0 Å². The summed E-state index contributed by atoms with van der Waals surface area (Å²) < 4.78 is 43.6. The topological polar surface area (TPSA) is 32.7 Å². The average Bonchev–Trinajstić information content (AvgIpc) is 3.12. The quantitative estimate of drug-likeness (QED) is 0.446. The van der Waals surface area contributed by atoms with Crippen LogP contribution in [0.25, 0.3) is 0 Å². The van der Waals surface area contributed by atoms with Crippen LogP contribution in [0.2, 0.25) is 0 Å². The first-order chi connectivity index (χ1) is 14.7. The lowest BCUT2D eigenvalue weighted by atomic mass is 10.1. The molecule has 31 heavy (non-hydrogen) atoms. The van der Waals surface area contributed by atoms with E-state index in [4.69, 9.17) is 4.74 Å². The van der Waals surface area contributed by atoms with Crippen LogP contribution in [0.5, 0.6) is 5.75 Å². The molecule has 0 spiro atoms. The zero-order chi connectivity index (χ0) is 22.4. The van der Waals surface area contributed by atoms with Crippen molar-refractivity contribution in [1.29, 1.82) is 0 Å². The molecule has 0 amide bonds. The third-order valence-electron chi connectivity index (χ3n) is 5.08. The lowest BCUT2D eigenvalue weighted by molar-refractivity contribution is -0.137. The normalized spacial score (nSPS) is 12.9. The van der Waals surface area contributed by atoms with Gasteiger partial charge in [0, 0.05) is 24.5 Å². The molecule has 0 aliphatic rings. The van der Waals surface area contributed by atoms with E-state index in [2.05, 4.69) is 42.3 Å². The summed E-state index contributed by atoms with van der Waals surface area (Å²) in [5.74, 6) is 0.298. The first kappa shape index (κ1) is 23.3. The first-order valence-electron chi connectivity index (χ1n) is 10.0. The monoisotopic (exact) mass is 449 g/mol. The highest BCUT2D eigenvalue weighted by molar-refractivity contribution is 7.10. The number of halogens is 3. The molecule has 0 fully saturated rings. The zero-order valence-electron chi connectivity index (χ0n) is 17.5. The standard InChI is InChI=1S/C24H26F3NO2S/c1-17-5-3-4-6-19(17)13-28(15-23-18(2)11-12-31-23)14-21(29)16-30-22-9-7-20(8-10-22)24(25,26)27/h3-12,21,29H,13-16H2,1-2H3. The maximum absolute atomic E-state index is 12.7. The summed E-state index contributed by atoms with van der Waals surface area (Å²) in [6.45, 7) is 5.90. The van der Waals surface area contributed by atoms with E-state index >= 15 is 0 Å². The van der Waals surface area contributed by atoms with Gasteiger partial charge < -0.3 is 9.84 Å². The van der Waals surface area contributed by atoms with E-state index in [1.54, 1.807) is 11.3 Å². The van der Waals surface area contributed by atoms with Crippen LogP contribution in [0.3, 0.4) is 0 Å². The summed E-state index contributed by atoms with van der Waals surface area (Å²) >= 11 is 1.69. The number of alkyl halides is 3. The number of benzene rings is 2. The maximum Gasteiger partial charge on any atom is 0.416 e. The molecule has 1 unspecified atom stereocenters. The Balaban J connectivity index is 1.62. The smallest absolute Gasteiger partial charge is 0.416 e. The van der Waals surface area contributed by atoms with Crippen molar-refractivity contribution in [2.45, 2.75) is 39.2 Å². The number of nitrogens with zero attached hydrogens (tertiary/aromatic N) is 1. The Labute approximate surface area is 184 Å². The van der Waals surface area contributed by atoms with Gasteiger partial charge in [0.05, 0.1) is 5.56 Å². The molecule has 3 aromatic rings. The fourth-order valence-corrected chi connectivity index (χ4v) is 4.21. The minimum atomic E-state index is -4.38. The largest absolute Gasteiger partial charge is 0.491 e. The number of hydrogen-bond acceptors (Lipinski definition) is 4. The molecule has 3 nitrogen and oxygen atoms in total. The molecule has 1 heterocycles. The molecular weight excluding hydrogens is 423 g/mol. The van der Waals surface area contributed by atoms with Crippen molar-refractivity contribution in [1.82, 2.24) is 4.90 Å². The Morgan fingerprint density at radius 3 is 2.29 bits per heavy atom. The highest BCUT2D eigenvalue weighted by Gasteiger charge is 2.30. The van der Waals surface area contributed by atoms with Crippen LogP contribution in [-0.4, -0.2) is 29.3 Å². The fourth-order valence-electron chi connectivity index (χ4n) is 3.27. The Hall–Kier alpha value is -2.35. The van der Waals surface area contributed by atoms with Crippen molar-refractivity contribution in [2.75, 3.05) is 13.2 Å². The molecule has 1 N–H and O–H groups in total. The van der Waals surface area contributed by atoms with Gasteiger partial charge in [-0.2, -0.15) is 13.2 Å². The van der Waals surface area contributed by atoms with Gasteiger partial charge in [0.1, 0.15) is 18.5 Å². The van der Waals surface area contributed by atoms with Crippen molar-refractivity contribution in [3.63, 3.8) is 0 Å². The minimum absolute atomic E-state index is 0.000934. The van der Waals surface area contributed by atoms with Crippen LogP contribution in [0, 0.1) is 13.8 Å². The van der Waals surface area contributed by atoms with Gasteiger partial charge in [0.15, 0.2) is 0 Å². The number of aliphatic hydroxyl groups excluding tert-OH is 1. The SMILES string of the molecule is Cc1ccccc1CN(Cc1sccc1C)CC(O)COc1ccc(C(F)(F)F)cc1. The van der Waals surface area contributed by atoms with Gasteiger partial charge in [-0.05, 0) is 66.2 Å². The third kappa shape index (κ3) is 6.82. The van der Waals surface area contributed by atoms with Gasteiger partial charge in [-0.1, -0.05) is 24.3 Å². The molecule has 0 bridgehead atoms. The van der Waals surface area contributed by atoms with Crippen molar-refractivity contribution in [3.05, 3.63) is 87.1 Å².